The molecule has 68 valence electrons. The number of amidine groups is 2. The molecule has 4 nitrogen and oxygen atoms in total. The molecule has 0 spiro atoms. The molecular formula is C10H8N4. The van der Waals surface area contributed by atoms with E-state index in [2.05, 4.69) is 20.0 Å². The summed E-state index contributed by atoms with van der Waals surface area (Å²) in [7, 11) is 0. The van der Waals surface area contributed by atoms with Crippen LogP contribution in [0.15, 0.2) is 32.1 Å². The first kappa shape index (κ1) is 7.55. The lowest BCUT2D eigenvalue weighted by atomic mass is 10.2. The average molecular weight is 184 g/mol. The second kappa shape index (κ2) is 2.35. The van der Waals surface area contributed by atoms with Crippen molar-refractivity contribution in [3.8, 4) is 0 Å². The second-order valence-electron chi connectivity index (χ2n) is 3.37. The Bertz CT molecular complexity index is 552. The Labute approximate surface area is 80.5 Å². The standard InChI is InChI=1S/C10H8N4/c1-5-11-7-3-9-10(4-8(7)12-5)14-6(2)13-9/h3-4H,1-2H3. The summed E-state index contributed by atoms with van der Waals surface area (Å²) in [5.41, 5.74) is 1.80. The van der Waals surface area contributed by atoms with E-state index in [-0.39, 0.29) is 0 Å². The van der Waals surface area contributed by atoms with E-state index in [1.807, 2.05) is 26.0 Å². The van der Waals surface area contributed by atoms with Gasteiger partial charge in [-0.2, -0.15) is 0 Å². The average Bonchev–Trinajstić information content (AvgIpc) is 2.59. The van der Waals surface area contributed by atoms with Crippen molar-refractivity contribution in [3.05, 3.63) is 22.8 Å². The lowest BCUT2D eigenvalue weighted by Crippen LogP contribution is -2.06. The number of hydrogen-bond acceptors (Lipinski definition) is 4. The van der Waals surface area contributed by atoms with E-state index in [1.165, 1.54) is 0 Å². The molecule has 0 N–H and O–H groups in total. The van der Waals surface area contributed by atoms with Crippen LogP contribution in [0.3, 0.4) is 0 Å². The molecule has 4 heteroatoms. The van der Waals surface area contributed by atoms with Gasteiger partial charge in [-0.15, -0.1) is 0 Å². The Kier molecular flexibility index (Phi) is 1.27. The van der Waals surface area contributed by atoms with Crippen molar-refractivity contribution in [1.29, 1.82) is 0 Å². The Morgan fingerprint density at radius 3 is 1.57 bits per heavy atom. The molecule has 0 aromatic heterocycles. The summed E-state index contributed by atoms with van der Waals surface area (Å²) in [5.74, 6) is 1.59. The summed E-state index contributed by atoms with van der Waals surface area (Å²) in [6.45, 7) is 3.77. The first-order valence-corrected chi connectivity index (χ1v) is 4.44. The molecule has 1 aromatic rings. The van der Waals surface area contributed by atoms with Gasteiger partial charge in [0.05, 0.1) is 22.1 Å². The Hall–Kier alpha value is -1.84. The van der Waals surface area contributed by atoms with Gasteiger partial charge in [-0.3, -0.25) is 0 Å². The van der Waals surface area contributed by atoms with Crippen LogP contribution in [0, 0.1) is 0 Å². The van der Waals surface area contributed by atoms with E-state index in [1.54, 1.807) is 0 Å². The molecule has 0 saturated carbocycles. The maximum atomic E-state index is 4.29. The quantitative estimate of drug-likeness (QED) is 0.578. The Balaban J connectivity index is 2.36. The van der Waals surface area contributed by atoms with Crippen molar-refractivity contribution >= 4 is 23.0 Å². The van der Waals surface area contributed by atoms with Crippen molar-refractivity contribution in [1.82, 2.24) is 0 Å². The minimum Gasteiger partial charge on any atom is -0.232 e. The predicted octanol–water partition coefficient (Wildman–Crippen LogP) is 1.05. The van der Waals surface area contributed by atoms with E-state index < -0.39 is 0 Å². The topological polar surface area (TPSA) is 49.4 Å². The molecule has 0 bridgehead atoms. The largest absolute Gasteiger partial charge is 0.232 e. The van der Waals surface area contributed by atoms with Crippen LogP contribution in [0.25, 0.3) is 0 Å². The summed E-state index contributed by atoms with van der Waals surface area (Å²) in [5, 5.41) is 1.80. The molecule has 2 heterocycles. The van der Waals surface area contributed by atoms with Gasteiger partial charge in [-0.1, -0.05) is 0 Å². The smallest absolute Gasteiger partial charge is 0.126 e. The third kappa shape index (κ3) is 0.937. The SMILES string of the molecule is CC1=Nc2cc3c(cc2=N1)N=C(C)N=3. The van der Waals surface area contributed by atoms with Crippen LogP contribution in [0.1, 0.15) is 13.8 Å². The molecule has 1 aromatic carbocycles. The molecule has 0 atom stereocenters. The van der Waals surface area contributed by atoms with Gasteiger partial charge in [0, 0.05) is 0 Å². The summed E-state index contributed by atoms with van der Waals surface area (Å²) < 4.78 is 0. The number of aliphatic imine (C=N–C) groups is 2. The molecule has 14 heavy (non-hydrogen) atoms. The van der Waals surface area contributed by atoms with Crippen LogP contribution in [0.5, 0.6) is 0 Å². The van der Waals surface area contributed by atoms with Crippen molar-refractivity contribution < 1.29 is 0 Å². The molecule has 0 radical (unpaired) electrons. The van der Waals surface area contributed by atoms with Gasteiger partial charge in [-0.05, 0) is 26.0 Å². The highest BCUT2D eigenvalue weighted by molar-refractivity contribution is 5.88. The molecule has 2 aliphatic heterocycles. The van der Waals surface area contributed by atoms with Crippen LogP contribution in [0.4, 0.5) is 11.4 Å². The predicted molar refractivity (Wildman–Crippen MR) is 54.3 cm³/mol. The molecule has 0 amide bonds. The van der Waals surface area contributed by atoms with Crippen molar-refractivity contribution in [2.75, 3.05) is 0 Å². The van der Waals surface area contributed by atoms with Gasteiger partial charge < -0.3 is 0 Å². The summed E-state index contributed by atoms with van der Waals surface area (Å²) in [6.07, 6.45) is 0. The fraction of sp³-hybridized carbons (Fsp3) is 0.200. The second-order valence-corrected chi connectivity index (χ2v) is 3.37. The maximum Gasteiger partial charge on any atom is 0.126 e. The number of fused-ring (bicyclic) bond motifs is 2. The van der Waals surface area contributed by atoms with Crippen LogP contribution in [-0.2, 0) is 0 Å². The molecule has 0 unspecified atom stereocenters. The monoisotopic (exact) mass is 184 g/mol. The number of benzene rings is 1. The number of rotatable bonds is 0. The first-order chi connectivity index (χ1) is 6.72. The lowest BCUT2D eigenvalue weighted by molar-refractivity contribution is 1.37. The van der Waals surface area contributed by atoms with Gasteiger partial charge in [0.25, 0.3) is 0 Å². The van der Waals surface area contributed by atoms with E-state index in [4.69, 9.17) is 0 Å². The molecule has 0 aliphatic carbocycles. The Morgan fingerprint density at radius 1 is 0.714 bits per heavy atom. The summed E-state index contributed by atoms with van der Waals surface area (Å²) in [4.78, 5) is 17.2. The molecule has 0 saturated heterocycles. The van der Waals surface area contributed by atoms with E-state index in [0.717, 1.165) is 33.8 Å². The summed E-state index contributed by atoms with van der Waals surface area (Å²) >= 11 is 0. The van der Waals surface area contributed by atoms with E-state index >= 15 is 0 Å². The highest BCUT2D eigenvalue weighted by Gasteiger charge is 2.10. The minimum atomic E-state index is 0.796. The fourth-order valence-electron chi connectivity index (χ4n) is 1.66. The van der Waals surface area contributed by atoms with E-state index in [0.29, 0.717) is 0 Å². The summed E-state index contributed by atoms with van der Waals surface area (Å²) in [6, 6.07) is 3.87. The molecule has 3 rings (SSSR count). The van der Waals surface area contributed by atoms with Crippen LogP contribution in [-0.4, -0.2) is 11.7 Å². The zero-order valence-electron chi connectivity index (χ0n) is 7.94. The molecule has 0 fully saturated rings. The normalized spacial score (nSPS) is 16.4. The number of hydrogen-bond donors (Lipinski definition) is 0. The van der Waals surface area contributed by atoms with Gasteiger partial charge in [0.15, 0.2) is 0 Å². The van der Waals surface area contributed by atoms with Gasteiger partial charge in [0.2, 0.25) is 0 Å². The van der Waals surface area contributed by atoms with Crippen LogP contribution < -0.4 is 10.7 Å². The zero-order valence-corrected chi connectivity index (χ0v) is 7.94. The minimum absolute atomic E-state index is 0.796. The third-order valence-corrected chi connectivity index (χ3v) is 2.20. The van der Waals surface area contributed by atoms with Crippen LogP contribution in [0.2, 0.25) is 0 Å². The fourth-order valence-corrected chi connectivity index (χ4v) is 1.66. The van der Waals surface area contributed by atoms with Crippen molar-refractivity contribution in [2.24, 2.45) is 20.0 Å². The molecular weight excluding hydrogens is 176 g/mol. The van der Waals surface area contributed by atoms with Crippen molar-refractivity contribution in [3.63, 3.8) is 0 Å². The van der Waals surface area contributed by atoms with Gasteiger partial charge in [0.1, 0.15) is 11.7 Å². The third-order valence-electron chi connectivity index (χ3n) is 2.20. The molecule has 2 aliphatic rings. The lowest BCUT2D eigenvalue weighted by Gasteiger charge is -1.89. The maximum absolute atomic E-state index is 4.29. The first-order valence-electron chi connectivity index (χ1n) is 4.44. The van der Waals surface area contributed by atoms with E-state index in [9.17, 15) is 0 Å². The van der Waals surface area contributed by atoms with Gasteiger partial charge in [-0.25, -0.2) is 20.0 Å². The number of nitrogens with zero attached hydrogens (tertiary/aromatic N) is 4. The Morgan fingerprint density at radius 2 is 1.14 bits per heavy atom. The van der Waals surface area contributed by atoms with Gasteiger partial charge >= 0.3 is 0 Å². The van der Waals surface area contributed by atoms with Crippen molar-refractivity contribution in [2.45, 2.75) is 13.8 Å². The highest BCUT2D eigenvalue weighted by Crippen LogP contribution is 2.15. The zero-order chi connectivity index (χ0) is 9.71. The van der Waals surface area contributed by atoms with Crippen LogP contribution >= 0.6 is 0 Å². The highest BCUT2D eigenvalue weighted by atomic mass is 15.0.